The van der Waals surface area contributed by atoms with Crippen LogP contribution in [-0.2, 0) is 3.23 Å². The third kappa shape index (κ3) is 2.69. The number of alkyl halides is 2. The van der Waals surface area contributed by atoms with Gasteiger partial charge in [0.05, 0.1) is 0 Å². The van der Waals surface area contributed by atoms with Crippen LogP contribution in [0.5, 0.6) is 0 Å². The fraction of sp³-hybridized carbons (Fsp3) is 0.333. The van der Waals surface area contributed by atoms with Gasteiger partial charge in [-0.3, -0.25) is 0 Å². The fourth-order valence-electron chi connectivity index (χ4n) is 0.539. The van der Waals surface area contributed by atoms with Gasteiger partial charge in [0, 0.05) is 18.0 Å². The first-order chi connectivity index (χ1) is 5.00. The van der Waals surface area contributed by atoms with Crippen LogP contribution in [-0.4, -0.2) is 9.97 Å². The minimum atomic E-state index is -0.273. The summed E-state index contributed by atoms with van der Waals surface area (Å²) in [6.45, 7) is 1.94. The lowest BCUT2D eigenvalue weighted by Gasteiger charge is -2.12. The van der Waals surface area contributed by atoms with Crippen molar-refractivity contribution in [1.29, 1.82) is 0 Å². The maximum absolute atomic E-state index is 5.51. The quantitative estimate of drug-likeness (QED) is 0.588. The van der Waals surface area contributed by atoms with E-state index in [1.54, 1.807) is 12.4 Å². The molecule has 0 aromatic carbocycles. The Labute approximate surface area is 86.6 Å². The molecule has 0 radical (unpaired) electrons. The van der Waals surface area contributed by atoms with E-state index in [1.807, 2.05) is 6.92 Å². The van der Waals surface area contributed by atoms with Crippen molar-refractivity contribution in [3.63, 3.8) is 0 Å². The van der Waals surface area contributed by atoms with Gasteiger partial charge in [-0.1, -0.05) is 31.9 Å². The van der Waals surface area contributed by atoms with Gasteiger partial charge in [0.2, 0.25) is 5.28 Å². The highest BCUT2D eigenvalue weighted by Gasteiger charge is 2.18. The van der Waals surface area contributed by atoms with Crippen molar-refractivity contribution >= 4 is 43.5 Å². The van der Waals surface area contributed by atoms with Gasteiger partial charge < -0.3 is 0 Å². The van der Waals surface area contributed by atoms with E-state index in [9.17, 15) is 0 Å². The molecule has 1 aromatic heterocycles. The first-order valence-corrected chi connectivity index (χ1v) is 4.82. The molecule has 0 amide bonds. The van der Waals surface area contributed by atoms with Crippen LogP contribution in [0, 0.1) is 0 Å². The van der Waals surface area contributed by atoms with Gasteiger partial charge in [-0.2, -0.15) is 0 Å². The number of halogens is 3. The SMILES string of the molecule is CC(Br)(Br)c1cnc(Cl)nc1. The average molecular weight is 300 g/mol. The summed E-state index contributed by atoms with van der Waals surface area (Å²) in [6, 6.07) is 0. The molecule has 0 spiro atoms. The van der Waals surface area contributed by atoms with Crippen LogP contribution >= 0.6 is 43.5 Å². The summed E-state index contributed by atoms with van der Waals surface area (Å²) < 4.78 is -0.273. The third-order valence-corrected chi connectivity index (χ3v) is 2.24. The van der Waals surface area contributed by atoms with Gasteiger partial charge in [0.25, 0.3) is 0 Å². The Hall–Kier alpha value is 0.330. The molecular weight excluding hydrogens is 295 g/mol. The number of hydrogen-bond donors (Lipinski definition) is 0. The Bertz CT molecular complexity index is 242. The van der Waals surface area contributed by atoms with Crippen LogP contribution in [0.2, 0.25) is 5.28 Å². The van der Waals surface area contributed by atoms with Gasteiger partial charge in [0.15, 0.2) is 0 Å². The summed E-state index contributed by atoms with van der Waals surface area (Å²) >= 11 is 12.3. The number of hydrogen-bond acceptors (Lipinski definition) is 2. The predicted molar refractivity (Wildman–Crippen MR) is 52.2 cm³/mol. The molecule has 0 fully saturated rings. The topological polar surface area (TPSA) is 25.8 Å². The second-order valence-electron chi connectivity index (χ2n) is 2.13. The second-order valence-corrected chi connectivity index (χ2v) is 6.70. The van der Waals surface area contributed by atoms with Gasteiger partial charge in [-0.15, -0.1) is 0 Å². The summed E-state index contributed by atoms with van der Waals surface area (Å²) in [5.41, 5.74) is 0.932. The molecule has 0 aliphatic heterocycles. The maximum atomic E-state index is 5.51. The van der Waals surface area contributed by atoms with E-state index in [1.165, 1.54) is 0 Å². The van der Waals surface area contributed by atoms with Gasteiger partial charge in [0.1, 0.15) is 3.23 Å². The monoisotopic (exact) mass is 298 g/mol. The van der Waals surface area contributed by atoms with Crippen molar-refractivity contribution in [1.82, 2.24) is 9.97 Å². The zero-order valence-electron chi connectivity index (χ0n) is 5.68. The standard InChI is InChI=1S/C6H5Br2ClN2/c1-6(7,8)4-2-10-5(9)11-3-4/h2-3H,1H3. The lowest BCUT2D eigenvalue weighted by atomic mass is 10.3. The Balaban J connectivity index is 2.99. The first-order valence-electron chi connectivity index (χ1n) is 2.86. The molecule has 0 aliphatic rings. The van der Waals surface area contributed by atoms with Gasteiger partial charge in [-0.05, 0) is 18.5 Å². The molecular formula is C6H5Br2ClN2. The van der Waals surface area contributed by atoms with Crippen LogP contribution in [0.1, 0.15) is 12.5 Å². The van der Waals surface area contributed by atoms with E-state index in [0.717, 1.165) is 5.56 Å². The van der Waals surface area contributed by atoms with Crippen LogP contribution in [0.3, 0.4) is 0 Å². The van der Waals surface area contributed by atoms with E-state index in [2.05, 4.69) is 41.8 Å². The van der Waals surface area contributed by atoms with Crippen LogP contribution in [0.15, 0.2) is 12.4 Å². The highest BCUT2D eigenvalue weighted by Crippen LogP contribution is 2.36. The first kappa shape index (κ1) is 9.42. The van der Waals surface area contributed by atoms with Gasteiger partial charge >= 0.3 is 0 Å². The van der Waals surface area contributed by atoms with Crippen molar-refractivity contribution in [2.45, 2.75) is 10.2 Å². The smallest absolute Gasteiger partial charge is 0.222 e. The maximum Gasteiger partial charge on any atom is 0.222 e. The van der Waals surface area contributed by atoms with Crippen LogP contribution < -0.4 is 0 Å². The summed E-state index contributed by atoms with van der Waals surface area (Å²) in [7, 11) is 0. The molecule has 1 heterocycles. The molecule has 2 nitrogen and oxygen atoms in total. The molecule has 0 atom stereocenters. The lowest BCUT2D eigenvalue weighted by Crippen LogP contribution is -2.03. The Morgan fingerprint density at radius 2 is 1.82 bits per heavy atom. The summed E-state index contributed by atoms with van der Waals surface area (Å²) in [5, 5.41) is 0.262. The molecule has 0 saturated heterocycles. The van der Waals surface area contributed by atoms with Crippen LogP contribution in [0.4, 0.5) is 0 Å². The molecule has 1 rings (SSSR count). The molecule has 0 aliphatic carbocycles. The Kier molecular flexibility index (Phi) is 2.89. The number of nitrogens with zero attached hydrogens (tertiary/aromatic N) is 2. The van der Waals surface area contributed by atoms with E-state index >= 15 is 0 Å². The zero-order chi connectivity index (χ0) is 8.48. The van der Waals surface area contributed by atoms with Crippen molar-refractivity contribution in [2.75, 3.05) is 0 Å². The normalized spacial score (nSPS) is 11.6. The lowest BCUT2D eigenvalue weighted by molar-refractivity contribution is 0.996. The molecule has 60 valence electrons. The Morgan fingerprint density at radius 3 is 2.18 bits per heavy atom. The predicted octanol–water partition coefficient (Wildman–Crippen LogP) is 3.09. The second kappa shape index (κ2) is 3.37. The zero-order valence-corrected chi connectivity index (χ0v) is 9.61. The highest BCUT2D eigenvalue weighted by molar-refractivity contribution is 9.24. The number of aromatic nitrogens is 2. The molecule has 0 unspecified atom stereocenters. The molecule has 11 heavy (non-hydrogen) atoms. The summed E-state index contributed by atoms with van der Waals surface area (Å²) in [6.07, 6.45) is 3.33. The molecule has 1 aromatic rings. The van der Waals surface area contributed by atoms with E-state index in [0.29, 0.717) is 0 Å². The van der Waals surface area contributed by atoms with Crippen LogP contribution in [0.25, 0.3) is 0 Å². The molecule has 0 bridgehead atoms. The third-order valence-electron chi connectivity index (χ3n) is 1.13. The van der Waals surface area contributed by atoms with Crippen molar-refractivity contribution in [3.05, 3.63) is 23.2 Å². The van der Waals surface area contributed by atoms with Gasteiger partial charge in [-0.25, -0.2) is 9.97 Å². The largest absolute Gasteiger partial charge is 0.226 e. The molecule has 5 heteroatoms. The summed E-state index contributed by atoms with van der Waals surface area (Å²) in [4.78, 5) is 7.68. The average Bonchev–Trinajstić information content (AvgIpc) is 1.86. The number of rotatable bonds is 1. The van der Waals surface area contributed by atoms with Crippen molar-refractivity contribution in [3.8, 4) is 0 Å². The van der Waals surface area contributed by atoms with Crippen molar-refractivity contribution in [2.24, 2.45) is 0 Å². The minimum absolute atomic E-state index is 0.262. The van der Waals surface area contributed by atoms with E-state index < -0.39 is 0 Å². The van der Waals surface area contributed by atoms with E-state index in [-0.39, 0.29) is 8.52 Å². The van der Waals surface area contributed by atoms with E-state index in [4.69, 9.17) is 11.6 Å². The van der Waals surface area contributed by atoms with Crippen molar-refractivity contribution < 1.29 is 0 Å². The highest BCUT2D eigenvalue weighted by atomic mass is 79.9. The Morgan fingerprint density at radius 1 is 1.36 bits per heavy atom. The minimum Gasteiger partial charge on any atom is -0.226 e. The molecule has 0 N–H and O–H groups in total. The fourth-order valence-corrected chi connectivity index (χ4v) is 1.05. The molecule has 0 saturated carbocycles. The summed E-state index contributed by atoms with van der Waals surface area (Å²) in [5.74, 6) is 0.